The lowest BCUT2D eigenvalue weighted by atomic mass is 10.1. The Bertz CT molecular complexity index is 647. The standard InChI is InChI=1S/C20H30N4OS/c1-16(17-8-12-26-15-17)13-22-20(21-2)23-14-18(19-7-6-11-25-19)24-9-4-3-5-10-24/h6-8,11-12,15-16,18H,3-5,9-10,13-14H2,1-2H3,(H2,21,22,23). The van der Waals surface area contributed by atoms with Gasteiger partial charge >= 0.3 is 0 Å². The fourth-order valence-electron chi connectivity index (χ4n) is 3.46. The third kappa shape index (κ3) is 5.11. The van der Waals surface area contributed by atoms with Crippen molar-refractivity contribution < 1.29 is 4.42 Å². The summed E-state index contributed by atoms with van der Waals surface area (Å²) in [6.45, 7) is 6.16. The number of guanidine groups is 1. The van der Waals surface area contributed by atoms with Crippen LogP contribution in [0.5, 0.6) is 0 Å². The first kappa shape index (κ1) is 19.0. The van der Waals surface area contributed by atoms with Crippen LogP contribution in [0.2, 0.25) is 0 Å². The molecule has 2 unspecified atom stereocenters. The SMILES string of the molecule is CN=C(NCC(C)c1ccsc1)NCC(c1ccco1)N1CCCCC1. The first-order valence-electron chi connectivity index (χ1n) is 9.52. The van der Waals surface area contributed by atoms with Crippen molar-refractivity contribution in [3.8, 4) is 0 Å². The van der Waals surface area contributed by atoms with Gasteiger partial charge in [-0.15, -0.1) is 0 Å². The molecule has 142 valence electrons. The van der Waals surface area contributed by atoms with Gasteiger partial charge < -0.3 is 15.1 Å². The summed E-state index contributed by atoms with van der Waals surface area (Å²) in [5, 5.41) is 11.3. The minimum absolute atomic E-state index is 0.248. The Morgan fingerprint density at radius 2 is 2.04 bits per heavy atom. The predicted molar refractivity (Wildman–Crippen MR) is 109 cm³/mol. The molecule has 0 aromatic carbocycles. The maximum absolute atomic E-state index is 5.72. The lowest BCUT2D eigenvalue weighted by molar-refractivity contribution is 0.146. The van der Waals surface area contributed by atoms with Crippen LogP contribution in [-0.2, 0) is 0 Å². The van der Waals surface area contributed by atoms with E-state index in [0.717, 1.165) is 37.9 Å². The van der Waals surface area contributed by atoms with Crippen LogP contribution < -0.4 is 10.6 Å². The molecule has 5 nitrogen and oxygen atoms in total. The van der Waals surface area contributed by atoms with E-state index in [4.69, 9.17) is 4.42 Å². The van der Waals surface area contributed by atoms with Crippen molar-refractivity contribution in [2.75, 3.05) is 33.2 Å². The fourth-order valence-corrected chi connectivity index (χ4v) is 4.24. The van der Waals surface area contributed by atoms with Crippen LogP contribution in [0.1, 0.15) is 49.5 Å². The molecule has 0 saturated carbocycles. The van der Waals surface area contributed by atoms with E-state index >= 15 is 0 Å². The largest absolute Gasteiger partial charge is 0.468 e. The van der Waals surface area contributed by atoms with E-state index in [2.05, 4.69) is 50.3 Å². The van der Waals surface area contributed by atoms with E-state index in [1.807, 2.05) is 13.1 Å². The number of thiophene rings is 1. The summed E-state index contributed by atoms with van der Waals surface area (Å²) in [5.74, 6) is 2.34. The van der Waals surface area contributed by atoms with E-state index in [-0.39, 0.29) is 6.04 Å². The molecule has 3 rings (SSSR count). The van der Waals surface area contributed by atoms with Gasteiger partial charge in [0.1, 0.15) is 5.76 Å². The van der Waals surface area contributed by atoms with Gasteiger partial charge in [-0.1, -0.05) is 13.3 Å². The molecule has 6 heteroatoms. The van der Waals surface area contributed by atoms with Crippen molar-refractivity contribution in [2.24, 2.45) is 4.99 Å². The highest BCUT2D eigenvalue weighted by Gasteiger charge is 2.24. The molecule has 26 heavy (non-hydrogen) atoms. The van der Waals surface area contributed by atoms with Gasteiger partial charge in [-0.3, -0.25) is 9.89 Å². The highest BCUT2D eigenvalue weighted by atomic mass is 32.1. The Morgan fingerprint density at radius 3 is 2.69 bits per heavy atom. The second-order valence-corrected chi connectivity index (χ2v) is 7.70. The van der Waals surface area contributed by atoms with Crippen molar-refractivity contribution in [2.45, 2.75) is 38.1 Å². The zero-order valence-electron chi connectivity index (χ0n) is 15.8. The Balaban J connectivity index is 1.54. The van der Waals surface area contributed by atoms with Crippen molar-refractivity contribution in [3.63, 3.8) is 0 Å². The zero-order valence-corrected chi connectivity index (χ0v) is 16.6. The molecule has 0 spiro atoms. The molecule has 1 fully saturated rings. The van der Waals surface area contributed by atoms with Gasteiger partial charge in [0.25, 0.3) is 0 Å². The van der Waals surface area contributed by atoms with Gasteiger partial charge in [-0.05, 0) is 66.4 Å². The molecule has 1 saturated heterocycles. The summed E-state index contributed by atoms with van der Waals surface area (Å²) in [6.07, 6.45) is 5.63. The summed E-state index contributed by atoms with van der Waals surface area (Å²) in [5.41, 5.74) is 1.37. The number of nitrogens with zero attached hydrogens (tertiary/aromatic N) is 2. The summed E-state index contributed by atoms with van der Waals surface area (Å²) >= 11 is 1.75. The minimum Gasteiger partial charge on any atom is -0.468 e. The van der Waals surface area contributed by atoms with Crippen LogP contribution in [0.15, 0.2) is 44.6 Å². The van der Waals surface area contributed by atoms with Gasteiger partial charge in [-0.2, -0.15) is 11.3 Å². The Labute approximate surface area is 160 Å². The molecule has 2 aromatic heterocycles. The molecular weight excluding hydrogens is 344 g/mol. The van der Waals surface area contributed by atoms with E-state index in [9.17, 15) is 0 Å². The van der Waals surface area contributed by atoms with E-state index in [1.54, 1.807) is 17.6 Å². The smallest absolute Gasteiger partial charge is 0.191 e. The van der Waals surface area contributed by atoms with Crippen molar-refractivity contribution in [3.05, 3.63) is 46.5 Å². The van der Waals surface area contributed by atoms with Gasteiger partial charge in [0.05, 0.1) is 12.3 Å². The normalized spacial score (nSPS) is 18.5. The molecule has 0 aliphatic carbocycles. The number of furan rings is 1. The number of rotatable bonds is 7. The first-order chi connectivity index (χ1) is 12.8. The summed E-state index contributed by atoms with van der Waals surface area (Å²) < 4.78 is 5.72. The molecular formula is C20H30N4OS. The van der Waals surface area contributed by atoms with E-state index < -0.39 is 0 Å². The Kier molecular flexibility index (Phi) is 7.14. The van der Waals surface area contributed by atoms with Crippen LogP contribution in [0.25, 0.3) is 0 Å². The van der Waals surface area contributed by atoms with Gasteiger partial charge in [0, 0.05) is 20.1 Å². The molecule has 2 atom stereocenters. The number of hydrogen-bond donors (Lipinski definition) is 2. The third-order valence-corrected chi connectivity index (χ3v) is 5.78. The maximum atomic E-state index is 5.72. The number of hydrogen-bond acceptors (Lipinski definition) is 4. The van der Waals surface area contributed by atoms with Gasteiger partial charge in [-0.25, -0.2) is 0 Å². The van der Waals surface area contributed by atoms with Crippen LogP contribution >= 0.6 is 11.3 Å². The van der Waals surface area contributed by atoms with Crippen LogP contribution in [0.4, 0.5) is 0 Å². The monoisotopic (exact) mass is 374 g/mol. The first-order valence-corrected chi connectivity index (χ1v) is 10.5. The number of aliphatic imine (C=N–C) groups is 1. The molecule has 1 aliphatic heterocycles. The fraction of sp³-hybridized carbons (Fsp3) is 0.550. The summed E-state index contributed by atoms with van der Waals surface area (Å²) in [4.78, 5) is 6.91. The summed E-state index contributed by atoms with van der Waals surface area (Å²) in [6, 6.07) is 6.49. The molecule has 0 amide bonds. The lowest BCUT2D eigenvalue weighted by Crippen LogP contribution is -2.45. The van der Waals surface area contributed by atoms with Gasteiger partial charge in [0.15, 0.2) is 5.96 Å². The number of likely N-dealkylation sites (tertiary alicyclic amines) is 1. The predicted octanol–water partition coefficient (Wildman–Crippen LogP) is 3.84. The molecule has 0 radical (unpaired) electrons. The van der Waals surface area contributed by atoms with Crippen molar-refractivity contribution in [1.82, 2.24) is 15.5 Å². The zero-order chi connectivity index (χ0) is 18.2. The third-order valence-electron chi connectivity index (χ3n) is 5.08. The Hall–Kier alpha value is -1.79. The maximum Gasteiger partial charge on any atom is 0.191 e. The van der Waals surface area contributed by atoms with Gasteiger partial charge in [0.2, 0.25) is 0 Å². The quantitative estimate of drug-likeness (QED) is 0.571. The van der Waals surface area contributed by atoms with Crippen molar-refractivity contribution in [1.29, 1.82) is 0 Å². The number of piperidine rings is 1. The van der Waals surface area contributed by atoms with E-state index in [1.165, 1.54) is 24.8 Å². The topological polar surface area (TPSA) is 52.8 Å². The van der Waals surface area contributed by atoms with Crippen LogP contribution in [0.3, 0.4) is 0 Å². The second kappa shape index (κ2) is 9.78. The average molecular weight is 375 g/mol. The highest BCUT2D eigenvalue weighted by Crippen LogP contribution is 2.24. The molecule has 0 bridgehead atoms. The molecule has 2 N–H and O–H groups in total. The van der Waals surface area contributed by atoms with Crippen LogP contribution in [0, 0.1) is 0 Å². The summed E-state index contributed by atoms with van der Waals surface area (Å²) in [7, 11) is 1.83. The highest BCUT2D eigenvalue weighted by molar-refractivity contribution is 7.07. The van der Waals surface area contributed by atoms with Crippen molar-refractivity contribution >= 4 is 17.3 Å². The molecule has 1 aliphatic rings. The Morgan fingerprint density at radius 1 is 1.23 bits per heavy atom. The molecule has 2 aromatic rings. The molecule has 3 heterocycles. The number of nitrogens with one attached hydrogen (secondary N) is 2. The second-order valence-electron chi connectivity index (χ2n) is 6.92. The van der Waals surface area contributed by atoms with E-state index in [0.29, 0.717) is 5.92 Å². The van der Waals surface area contributed by atoms with Crippen LogP contribution in [-0.4, -0.2) is 44.1 Å². The average Bonchev–Trinajstić information content (AvgIpc) is 3.39. The lowest BCUT2D eigenvalue weighted by Gasteiger charge is -2.33. The minimum atomic E-state index is 0.248.